The van der Waals surface area contributed by atoms with Crippen LogP contribution in [0.5, 0.6) is 0 Å². The molecule has 0 heterocycles. The summed E-state index contributed by atoms with van der Waals surface area (Å²) < 4.78 is 26.5. The summed E-state index contributed by atoms with van der Waals surface area (Å²) in [4.78, 5) is 26.4. The van der Waals surface area contributed by atoms with Crippen LogP contribution in [0.1, 0.15) is 15.9 Å². The molecule has 0 aromatic heterocycles. The molecule has 0 radical (unpaired) electrons. The highest BCUT2D eigenvalue weighted by Gasteiger charge is 2.23. The highest BCUT2D eigenvalue weighted by atomic mass is 32.2. The van der Waals surface area contributed by atoms with E-state index >= 15 is 0 Å². The molecule has 0 saturated carbocycles. The Morgan fingerprint density at radius 2 is 1.52 bits per heavy atom. The molecule has 1 N–H and O–H groups in total. The average molecular weight is 455 g/mol. The van der Waals surface area contributed by atoms with E-state index in [0.717, 1.165) is 9.20 Å². The molecule has 0 fully saturated rings. The summed E-state index contributed by atoms with van der Waals surface area (Å²) in [6.45, 7) is -0.388. The van der Waals surface area contributed by atoms with Crippen LogP contribution in [-0.2, 0) is 14.8 Å². The van der Waals surface area contributed by atoms with Crippen LogP contribution in [0.25, 0.3) is 0 Å². The molecule has 0 spiro atoms. The number of anilines is 1. The smallest absolute Gasteiger partial charge is 0.243 e. The lowest BCUT2D eigenvalue weighted by Crippen LogP contribution is -2.35. The van der Waals surface area contributed by atoms with Crippen molar-refractivity contribution in [3.63, 3.8) is 0 Å². The first kappa shape index (κ1) is 22.7. The maximum Gasteiger partial charge on any atom is 0.243 e. The number of nitrogens with zero attached hydrogens (tertiary/aromatic N) is 1. The van der Waals surface area contributed by atoms with Gasteiger partial charge in [-0.1, -0.05) is 42.5 Å². The van der Waals surface area contributed by atoms with Crippen molar-refractivity contribution in [1.29, 1.82) is 0 Å². The van der Waals surface area contributed by atoms with E-state index in [1.807, 2.05) is 12.3 Å². The SMILES string of the molecule is CSc1ccc(S(=O)(=O)N(C)CC(=O)Nc2ccccc2C(=O)c2ccccc2)cc1. The Balaban J connectivity index is 1.74. The Hall–Kier alpha value is -2.94. The van der Waals surface area contributed by atoms with Crippen LogP contribution in [-0.4, -0.2) is 44.3 Å². The van der Waals surface area contributed by atoms with Gasteiger partial charge in [0.05, 0.1) is 17.1 Å². The van der Waals surface area contributed by atoms with E-state index in [4.69, 9.17) is 0 Å². The van der Waals surface area contributed by atoms with E-state index in [0.29, 0.717) is 16.8 Å². The molecule has 0 atom stereocenters. The van der Waals surface area contributed by atoms with E-state index in [1.54, 1.807) is 60.7 Å². The van der Waals surface area contributed by atoms with E-state index in [1.165, 1.54) is 30.9 Å². The number of sulfonamides is 1. The second-order valence-electron chi connectivity index (χ2n) is 6.73. The molecule has 0 aliphatic carbocycles. The first-order valence-electron chi connectivity index (χ1n) is 9.42. The number of hydrogen-bond acceptors (Lipinski definition) is 5. The van der Waals surface area contributed by atoms with Crippen LogP contribution in [0.2, 0.25) is 0 Å². The molecule has 160 valence electrons. The van der Waals surface area contributed by atoms with E-state index in [-0.39, 0.29) is 17.2 Å². The van der Waals surface area contributed by atoms with Gasteiger partial charge in [0.15, 0.2) is 5.78 Å². The Bertz CT molecular complexity index is 1180. The summed E-state index contributed by atoms with van der Waals surface area (Å²) in [6.07, 6.45) is 1.90. The van der Waals surface area contributed by atoms with Crippen molar-refractivity contribution in [2.45, 2.75) is 9.79 Å². The zero-order chi connectivity index (χ0) is 22.4. The van der Waals surface area contributed by atoms with Crippen molar-refractivity contribution in [3.05, 3.63) is 90.0 Å². The third-order valence-corrected chi connectivity index (χ3v) is 7.18. The van der Waals surface area contributed by atoms with Gasteiger partial charge in [0.1, 0.15) is 0 Å². The summed E-state index contributed by atoms with van der Waals surface area (Å²) in [5.41, 5.74) is 1.16. The van der Waals surface area contributed by atoms with Gasteiger partial charge >= 0.3 is 0 Å². The molecule has 1 amide bonds. The van der Waals surface area contributed by atoms with Gasteiger partial charge in [-0.25, -0.2) is 8.42 Å². The normalized spacial score (nSPS) is 11.3. The fraction of sp³-hybridized carbons (Fsp3) is 0.130. The number of nitrogens with one attached hydrogen (secondary N) is 1. The summed E-state index contributed by atoms with van der Waals surface area (Å²) in [5.74, 6) is -0.772. The molecule has 6 nitrogen and oxygen atoms in total. The monoisotopic (exact) mass is 454 g/mol. The summed E-state index contributed by atoms with van der Waals surface area (Å²) in [5, 5.41) is 2.66. The number of amides is 1. The molecule has 3 aromatic carbocycles. The van der Waals surface area contributed by atoms with Crippen molar-refractivity contribution in [2.75, 3.05) is 25.2 Å². The van der Waals surface area contributed by atoms with Crippen LogP contribution < -0.4 is 5.32 Å². The quantitative estimate of drug-likeness (QED) is 0.412. The standard InChI is InChI=1S/C23H22N2O4S2/c1-25(31(28,29)19-14-12-18(30-2)13-15-19)16-22(26)24-21-11-7-6-10-20(21)23(27)17-8-4-3-5-9-17/h3-15H,16H2,1-2H3,(H,24,26). The zero-order valence-electron chi connectivity index (χ0n) is 17.1. The Kier molecular flexibility index (Phi) is 7.27. The number of carbonyl (C=O) groups excluding carboxylic acids is 2. The number of carbonyl (C=O) groups is 2. The van der Waals surface area contributed by atoms with Crippen LogP contribution in [0.4, 0.5) is 5.69 Å². The summed E-state index contributed by atoms with van der Waals surface area (Å²) in [6, 6.07) is 21.9. The van der Waals surface area contributed by atoms with Crippen LogP contribution in [0.15, 0.2) is 88.7 Å². The second-order valence-corrected chi connectivity index (χ2v) is 9.65. The molecule has 8 heteroatoms. The predicted octanol–water partition coefficient (Wildman–Crippen LogP) is 3.90. The molecule has 31 heavy (non-hydrogen) atoms. The minimum Gasteiger partial charge on any atom is -0.324 e. The fourth-order valence-corrected chi connectivity index (χ4v) is 4.48. The molecule has 0 saturated heterocycles. The first-order chi connectivity index (χ1) is 14.8. The minimum absolute atomic E-state index is 0.111. The van der Waals surface area contributed by atoms with Gasteiger partial charge in [-0.05, 0) is 42.7 Å². The predicted molar refractivity (Wildman–Crippen MR) is 123 cm³/mol. The maximum atomic E-state index is 12.8. The van der Waals surface area contributed by atoms with Crippen molar-refractivity contribution in [1.82, 2.24) is 4.31 Å². The molecule has 0 unspecified atom stereocenters. The first-order valence-corrected chi connectivity index (χ1v) is 12.1. The van der Waals surface area contributed by atoms with Crippen molar-refractivity contribution in [2.24, 2.45) is 0 Å². The summed E-state index contributed by atoms with van der Waals surface area (Å²) in [7, 11) is -2.48. The Morgan fingerprint density at radius 1 is 0.903 bits per heavy atom. The van der Waals surface area contributed by atoms with Gasteiger partial charge in [-0.3, -0.25) is 9.59 Å². The fourth-order valence-electron chi connectivity index (χ4n) is 2.94. The van der Waals surface area contributed by atoms with E-state index < -0.39 is 15.9 Å². The lowest BCUT2D eigenvalue weighted by Gasteiger charge is -2.18. The second kappa shape index (κ2) is 9.91. The Morgan fingerprint density at radius 3 is 2.16 bits per heavy atom. The highest BCUT2D eigenvalue weighted by Crippen LogP contribution is 2.21. The van der Waals surface area contributed by atoms with Crippen LogP contribution in [0.3, 0.4) is 0 Å². The molecular formula is C23H22N2O4S2. The van der Waals surface area contributed by atoms with Gasteiger partial charge in [-0.2, -0.15) is 4.31 Å². The van der Waals surface area contributed by atoms with Crippen molar-refractivity contribution >= 4 is 39.2 Å². The maximum absolute atomic E-state index is 12.8. The molecule has 0 bridgehead atoms. The number of thioether (sulfide) groups is 1. The number of ketones is 1. The molecular weight excluding hydrogens is 432 g/mol. The van der Waals surface area contributed by atoms with Crippen molar-refractivity contribution < 1.29 is 18.0 Å². The third kappa shape index (κ3) is 5.41. The molecule has 3 aromatic rings. The topological polar surface area (TPSA) is 83.6 Å². The van der Waals surface area contributed by atoms with Gasteiger partial charge in [0.2, 0.25) is 15.9 Å². The van der Waals surface area contributed by atoms with E-state index in [9.17, 15) is 18.0 Å². The molecule has 0 aliphatic heterocycles. The number of benzene rings is 3. The number of hydrogen-bond donors (Lipinski definition) is 1. The number of para-hydroxylation sites is 1. The lowest BCUT2D eigenvalue weighted by atomic mass is 10.0. The minimum atomic E-state index is -3.82. The van der Waals surface area contributed by atoms with Crippen molar-refractivity contribution in [3.8, 4) is 0 Å². The third-order valence-electron chi connectivity index (χ3n) is 4.62. The summed E-state index contributed by atoms with van der Waals surface area (Å²) >= 11 is 1.51. The largest absolute Gasteiger partial charge is 0.324 e. The number of rotatable bonds is 8. The lowest BCUT2D eigenvalue weighted by molar-refractivity contribution is -0.116. The molecule has 3 rings (SSSR count). The van der Waals surface area contributed by atoms with E-state index in [2.05, 4.69) is 5.32 Å². The van der Waals surface area contributed by atoms with Gasteiger partial charge in [0, 0.05) is 23.1 Å². The van der Waals surface area contributed by atoms with Crippen LogP contribution >= 0.6 is 11.8 Å². The zero-order valence-corrected chi connectivity index (χ0v) is 18.7. The number of likely N-dealkylation sites (N-methyl/N-ethyl adjacent to an activating group) is 1. The van der Waals surface area contributed by atoms with Gasteiger partial charge in [-0.15, -0.1) is 11.8 Å². The highest BCUT2D eigenvalue weighted by molar-refractivity contribution is 7.98. The Labute approximate surface area is 186 Å². The van der Waals surface area contributed by atoms with Crippen LogP contribution in [0, 0.1) is 0 Å². The van der Waals surface area contributed by atoms with Gasteiger partial charge in [0.25, 0.3) is 0 Å². The molecule has 0 aliphatic rings. The average Bonchev–Trinajstić information content (AvgIpc) is 2.79. The van der Waals surface area contributed by atoms with Gasteiger partial charge < -0.3 is 5.32 Å².